The number of carbonyl (C=O) groups excluding carboxylic acids is 1. The fourth-order valence-electron chi connectivity index (χ4n) is 3.79. The molecule has 1 unspecified atom stereocenters. The largest absolute Gasteiger partial charge is 0.487 e. The highest BCUT2D eigenvalue weighted by molar-refractivity contribution is 5.92. The summed E-state index contributed by atoms with van der Waals surface area (Å²) >= 11 is 0. The van der Waals surface area contributed by atoms with Crippen LogP contribution in [0.3, 0.4) is 0 Å². The topological polar surface area (TPSA) is 79.9 Å². The van der Waals surface area contributed by atoms with Crippen LogP contribution in [0.25, 0.3) is 0 Å². The molecule has 1 aromatic heterocycles. The number of H-pyrrole nitrogens is 1. The molecule has 0 radical (unpaired) electrons. The number of para-hydroxylation sites is 1. The number of aromatic nitrogens is 3. The normalized spacial score (nSPS) is 22.2. The van der Waals surface area contributed by atoms with Crippen molar-refractivity contribution in [2.24, 2.45) is 0 Å². The van der Waals surface area contributed by atoms with Crippen LogP contribution in [0.15, 0.2) is 30.5 Å². The van der Waals surface area contributed by atoms with E-state index < -0.39 is 0 Å². The molecule has 1 spiro atoms. The number of nitrogens with one attached hydrogen (secondary N) is 2. The Morgan fingerprint density at radius 2 is 2.09 bits per heavy atom. The number of amides is 1. The van der Waals surface area contributed by atoms with Gasteiger partial charge in [-0.2, -0.15) is 15.4 Å². The average molecular weight is 312 g/mol. The Labute approximate surface area is 134 Å². The van der Waals surface area contributed by atoms with Crippen LogP contribution in [0.1, 0.15) is 60.6 Å². The van der Waals surface area contributed by atoms with E-state index in [2.05, 4.69) is 20.7 Å². The highest BCUT2D eigenvalue weighted by Crippen LogP contribution is 2.46. The van der Waals surface area contributed by atoms with Gasteiger partial charge < -0.3 is 10.1 Å². The number of nitrogens with zero attached hydrogens (tertiary/aromatic N) is 2. The first-order valence-corrected chi connectivity index (χ1v) is 8.20. The van der Waals surface area contributed by atoms with Crippen LogP contribution in [0, 0.1) is 0 Å². The standard InChI is InChI=1S/C17H20N4O2/c22-16(14-11-18-21-20-14)19-13-10-17(8-4-1-5-9-17)23-15-7-3-2-6-12(13)15/h2-3,6-7,11,13H,1,4-5,8-10H2,(H,19,22)(H,18,20,21). The third kappa shape index (κ3) is 2.69. The van der Waals surface area contributed by atoms with E-state index in [1.807, 2.05) is 24.3 Å². The summed E-state index contributed by atoms with van der Waals surface area (Å²) in [7, 11) is 0. The molecule has 6 heteroatoms. The predicted molar refractivity (Wildman–Crippen MR) is 84.1 cm³/mol. The molecule has 1 aliphatic carbocycles. The van der Waals surface area contributed by atoms with Gasteiger partial charge in [0.05, 0.1) is 12.2 Å². The Kier molecular flexibility index (Phi) is 3.52. The number of benzene rings is 1. The molecule has 0 saturated heterocycles. The smallest absolute Gasteiger partial charge is 0.273 e. The highest BCUT2D eigenvalue weighted by atomic mass is 16.5. The summed E-state index contributed by atoms with van der Waals surface area (Å²) in [6.45, 7) is 0. The Balaban J connectivity index is 1.63. The second-order valence-corrected chi connectivity index (χ2v) is 6.47. The lowest BCUT2D eigenvalue weighted by atomic mass is 9.77. The van der Waals surface area contributed by atoms with Crippen molar-refractivity contribution in [1.82, 2.24) is 20.7 Å². The zero-order chi connectivity index (χ0) is 15.7. The molecular formula is C17H20N4O2. The Hall–Kier alpha value is -2.37. The third-order valence-electron chi connectivity index (χ3n) is 4.91. The van der Waals surface area contributed by atoms with Crippen molar-refractivity contribution in [1.29, 1.82) is 0 Å². The van der Waals surface area contributed by atoms with Crippen molar-refractivity contribution >= 4 is 5.91 Å². The molecule has 1 atom stereocenters. The summed E-state index contributed by atoms with van der Waals surface area (Å²) in [5, 5.41) is 13.2. The van der Waals surface area contributed by atoms with Gasteiger partial charge in [-0.25, -0.2) is 0 Å². The number of fused-ring (bicyclic) bond motifs is 1. The maximum absolute atomic E-state index is 12.4. The van der Waals surface area contributed by atoms with E-state index >= 15 is 0 Å². The van der Waals surface area contributed by atoms with Crippen molar-refractivity contribution in [3.8, 4) is 5.75 Å². The van der Waals surface area contributed by atoms with Crippen molar-refractivity contribution in [2.75, 3.05) is 0 Å². The summed E-state index contributed by atoms with van der Waals surface area (Å²) in [4.78, 5) is 12.4. The number of ether oxygens (including phenoxy) is 1. The zero-order valence-corrected chi connectivity index (χ0v) is 12.9. The number of carbonyl (C=O) groups is 1. The van der Waals surface area contributed by atoms with Gasteiger partial charge in [0.15, 0.2) is 5.69 Å². The van der Waals surface area contributed by atoms with Crippen molar-refractivity contribution in [3.63, 3.8) is 0 Å². The molecule has 1 aliphatic heterocycles. The first-order valence-electron chi connectivity index (χ1n) is 8.20. The van der Waals surface area contributed by atoms with Crippen LogP contribution in [0.2, 0.25) is 0 Å². The minimum atomic E-state index is -0.202. The van der Waals surface area contributed by atoms with Crippen LogP contribution >= 0.6 is 0 Å². The second-order valence-electron chi connectivity index (χ2n) is 6.47. The fourth-order valence-corrected chi connectivity index (χ4v) is 3.79. The summed E-state index contributed by atoms with van der Waals surface area (Å²) in [6.07, 6.45) is 8.00. The molecule has 1 aromatic carbocycles. The minimum Gasteiger partial charge on any atom is -0.487 e. The Bertz CT molecular complexity index is 692. The van der Waals surface area contributed by atoms with Gasteiger partial charge in [-0.05, 0) is 31.7 Å². The van der Waals surface area contributed by atoms with Crippen LogP contribution < -0.4 is 10.1 Å². The lowest BCUT2D eigenvalue weighted by molar-refractivity contribution is -0.00212. The lowest BCUT2D eigenvalue weighted by Crippen LogP contribution is -2.46. The summed E-state index contributed by atoms with van der Waals surface area (Å²) in [5.74, 6) is 0.692. The van der Waals surface area contributed by atoms with E-state index in [9.17, 15) is 4.79 Å². The van der Waals surface area contributed by atoms with Crippen LogP contribution in [0.5, 0.6) is 5.75 Å². The predicted octanol–water partition coefficient (Wildman–Crippen LogP) is 2.76. The number of hydrogen-bond donors (Lipinski definition) is 2. The molecule has 2 N–H and O–H groups in total. The monoisotopic (exact) mass is 312 g/mol. The van der Waals surface area contributed by atoms with Gasteiger partial charge in [-0.1, -0.05) is 24.6 Å². The molecule has 4 rings (SSSR count). The molecular weight excluding hydrogens is 292 g/mol. The maximum atomic E-state index is 12.4. The molecule has 0 bridgehead atoms. The molecule has 2 heterocycles. The van der Waals surface area contributed by atoms with E-state index in [4.69, 9.17) is 4.74 Å². The number of aromatic amines is 1. The van der Waals surface area contributed by atoms with E-state index in [0.29, 0.717) is 5.69 Å². The zero-order valence-electron chi connectivity index (χ0n) is 12.9. The molecule has 2 aromatic rings. The summed E-state index contributed by atoms with van der Waals surface area (Å²) in [5.41, 5.74) is 1.21. The fraction of sp³-hybridized carbons (Fsp3) is 0.471. The van der Waals surface area contributed by atoms with Gasteiger partial charge in [0.2, 0.25) is 0 Å². The van der Waals surface area contributed by atoms with Crippen molar-refractivity contribution in [2.45, 2.75) is 50.2 Å². The molecule has 23 heavy (non-hydrogen) atoms. The summed E-state index contributed by atoms with van der Waals surface area (Å²) < 4.78 is 6.38. The molecule has 1 fully saturated rings. The van der Waals surface area contributed by atoms with E-state index in [1.165, 1.54) is 25.5 Å². The first-order chi connectivity index (χ1) is 11.3. The van der Waals surface area contributed by atoms with Crippen molar-refractivity contribution in [3.05, 3.63) is 41.7 Å². The maximum Gasteiger partial charge on any atom is 0.273 e. The van der Waals surface area contributed by atoms with Crippen molar-refractivity contribution < 1.29 is 9.53 Å². The van der Waals surface area contributed by atoms with E-state index in [0.717, 1.165) is 30.6 Å². The first kappa shape index (κ1) is 14.2. The Morgan fingerprint density at radius 3 is 2.87 bits per heavy atom. The van der Waals surface area contributed by atoms with Gasteiger partial charge in [0.1, 0.15) is 11.4 Å². The van der Waals surface area contributed by atoms with E-state index in [1.54, 1.807) is 0 Å². The van der Waals surface area contributed by atoms with Crippen LogP contribution in [-0.4, -0.2) is 26.9 Å². The van der Waals surface area contributed by atoms with Crippen LogP contribution in [0.4, 0.5) is 0 Å². The molecule has 6 nitrogen and oxygen atoms in total. The Morgan fingerprint density at radius 1 is 1.26 bits per heavy atom. The molecule has 1 amide bonds. The number of hydrogen-bond acceptors (Lipinski definition) is 4. The SMILES string of the molecule is O=C(NC1CC2(CCCCC2)Oc2ccccc21)c1cn[nH]n1. The van der Waals surface area contributed by atoms with E-state index in [-0.39, 0.29) is 17.6 Å². The molecule has 2 aliphatic rings. The molecule has 120 valence electrons. The van der Waals surface area contributed by atoms with Crippen LogP contribution in [-0.2, 0) is 0 Å². The van der Waals surface area contributed by atoms with Gasteiger partial charge in [-0.3, -0.25) is 4.79 Å². The highest BCUT2D eigenvalue weighted by Gasteiger charge is 2.42. The average Bonchev–Trinajstić information content (AvgIpc) is 3.10. The third-order valence-corrected chi connectivity index (χ3v) is 4.91. The van der Waals surface area contributed by atoms with Gasteiger partial charge in [0.25, 0.3) is 5.91 Å². The summed E-state index contributed by atoms with van der Waals surface area (Å²) in [6, 6.07) is 7.94. The quantitative estimate of drug-likeness (QED) is 0.893. The van der Waals surface area contributed by atoms with Gasteiger partial charge in [0, 0.05) is 12.0 Å². The lowest BCUT2D eigenvalue weighted by Gasteiger charge is -2.44. The minimum absolute atomic E-state index is 0.0535. The second kappa shape index (κ2) is 5.68. The van der Waals surface area contributed by atoms with Gasteiger partial charge in [-0.15, -0.1) is 0 Å². The molecule has 1 saturated carbocycles. The van der Waals surface area contributed by atoms with Gasteiger partial charge >= 0.3 is 0 Å². The number of rotatable bonds is 2.